The van der Waals surface area contributed by atoms with Crippen LogP contribution in [0.15, 0.2) is 18.2 Å². The van der Waals surface area contributed by atoms with Crippen molar-refractivity contribution in [3.63, 3.8) is 0 Å². The Morgan fingerprint density at radius 3 is 2.67 bits per heavy atom. The molecule has 2 heteroatoms. The van der Waals surface area contributed by atoms with Crippen LogP contribution in [0.1, 0.15) is 31.4 Å². The van der Waals surface area contributed by atoms with Gasteiger partial charge in [-0.3, -0.25) is 0 Å². The SMILES string of the molecule is Cc1ccc(CCCN)c(OC(C)C)c1. The largest absolute Gasteiger partial charge is 0.491 e. The summed E-state index contributed by atoms with van der Waals surface area (Å²) >= 11 is 0. The van der Waals surface area contributed by atoms with Crippen LogP contribution in [0.5, 0.6) is 5.75 Å². The lowest BCUT2D eigenvalue weighted by Gasteiger charge is -2.14. The zero-order valence-corrected chi connectivity index (χ0v) is 9.92. The van der Waals surface area contributed by atoms with E-state index in [1.807, 2.05) is 0 Å². The second-order valence-corrected chi connectivity index (χ2v) is 4.17. The van der Waals surface area contributed by atoms with E-state index in [1.54, 1.807) is 0 Å². The van der Waals surface area contributed by atoms with Crippen molar-refractivity contribution in [3.8, 4) is 5.75 Å². The van der Waals surface area contributed by atoms with Gasteiger partial charge in [0, 0.05) is 0 Å². The van der Waals surface area contributed by atoms with Crippen LogP contribution in [0, 0.1) is 6.92 Å². The molecule has 1 aromatic rings. The molecule has 0 fully saturated rings. The molecule has 1 rings (SSSR count). The zero-order chi connectivity index (χ0) is 11.3. The van der Waals surface area contributed by atoms with Crippen LogP contribution in [-0.2, 0) is 6.42 Å². The van der Waals surface area contributed by atoms with Crippen LogP contribution in [0.25, 0.3) is 0 Å². The van der Waals surface area contributed by atoms with E-state index in [2.05, 4.69) is 39.0 Å². The molecule has 2 N–H and O–H groups in total. The number of hydrogen-bond donors (Lipinski definition) is 1. The van der Waals surface area contributed by atoms with Gasteiger partial charge < -0.3 is 10.5 Å². The minimum atomic E-state index is 0.225. The normalized spacial score (nSPS) is 10.7. The minimum Gasteiger partial charge on any atom is -0.491 e. The summed E-state index contributed by atoms with van der Waals surface area (Å²) in [5.41, 5.74) is 8.02. The van der Waals surface area contributed by atoms with E-state index >= 15 is 0 Å². The molecule has 0 bridgehead atoms. The van der Waals surface area contributed by atoms with Gasteiger partial charge in [-0.05, 0) is 57.4 Å². The molecule has 2 nitrogen and oxygen atoms in total. The summed E-state index contributed by atoms with van der Waals surface area (Å²) in [5, 5.41) is 0. The molecule has 0 atom stereocenters. The first-order chi connectivity index (χ1) is 7.13. The fraction of sp³-hybridized carbons (Fsp3) is 0.538. The van der Waals surface area contributed by atoms with Crippen LogP contribution >= 0.6 is 0 Å². The first-order valence-corrected chi connectivity index (χ1v) is 5.59. The third kappa shape index (κ3) is 3.92. The summed E-state index contributed by atoms with van der Waals surface area (Å²) in [6.07, 6.45) is 2.24. The lowest BCUT2D eigenvalue weighted by Crippen LogP contribution is -2.08. The maximum absolute atomic E-state index is 5.78. The van der Waals surface area contributed by atoms with E-state index in [1.165, 1.54) is 11.1 Å². The Balaban J connectivity index is 2.82. The Labute approximate surface area is 92.4 Å². The number of benzene rings is 1. The number of nitrogens with two attached hydrogens (primary N) is 1. The van der Waals surface area contributed by atoms with Crippen LogP contribution < -0.4 is 10.5 Å². The van der Waals surface area contributed by atoms with Crippen molar-refractivity contribution < 1.29 is 4.74 Å². The molecule has 15 heavy (non-hydrogen) atoms. The smallest absolute Gasteiger partial charge is 0.123 e. The third-order valence-electron chi connectivity index (χ3n) is 2.24. The fourth-order valence-corrected chi connectivity index (χ4v) is 1.52. The predicted molar refractivity (Wildman–Crippen MR) is 64.3 cm³/mol. The standard InChI is InChI=1S/C13H21NO/c1-10(2)15-13-9-11(3)6-7-12(13)5-4-8-14/h6-7,9-10H,4-5,8,14H2,1-3H3. The highest BCUT2D eigenvalue weighted by Gasteiger charge is 2.05. The van der Waals surface area contributed by atoms with Crippen molar-refractivity contribution in [1.82, 2.24) is 0 Å². The van der Waals surface area contributed by atoms with Gasteiger partial charge in [0.2, 0.25) is 0 Å². The lowest BCUT2D eigenvalue weighted by molar-refractivity contribution is 0.239. The molecule has 0 amide bonds. The van der Waals surface area contributed by atoms with Gasteiger partial charge in [-0.25, -0.2) is 0 Å². The zero-order valence-electron chi connectivity index (χ0n) is 9.92. The Bertz CT molecular complexity index is 307. The van der Waals surface area contributed by atoms with Gasteiger partial charge in [0.1, 0.15) is 5.75 Å². The molecule has 0 spiro atoms. The number of rotatable bonds is 5. The molecule has 0 unspecified atom stereocenters. The van der Waals surface area contributed by atoms with Crippen LogP contribution in [0.4, 0.5) is 0 Å². The second-order valence-electron chi connectivity index (χ2n) is 4.17. The maximum Gasteiger partial charge on any atom is 0.123 e. The van der Waals surface area contributed by atoms with Gasteiger partial charge >= 0.3 is 0 Å². The molecule has 0 aromatic heterocycles. The van der Waals surface area contributed by atoms with Crippen molar-refractivity contribution in [1.29, 1.82) is 0 Å². The Morgan fingerprint density at radius 1 is 1.33 bits per heavy atom. The molecule has 0 aliphatic carbocycles. The molecular formula is C13H21NO. The maximum atomic E-state index is 5.78. The third-order valence-corrected chi connectivity index (χ3v) is 2.24. The van der Waals surface area contributed by atoms with Crippen LogP contribution in [-0.4, -0.2) is 12.6 Å². The van der Waals surface area contributed by atoms with Crippen molar-refractivity contribution in [2.75, 3.05) is 6.54 Å². The number of aryl methyl sites for hydroxylation is 2. The first-order valence-electron chi connectivity index (χ1n) is 5.59. The minimum absolute atomic E-state index is 0.225. The number of ether oxygens (including phenoxy) is 1. The van der Waals surface area contributed by atoms with Gasteiger partial charge in [-0.15, -0.1) is 0 Å². The second kappa shape index (κ2) is 5.76. The Hall–Kier alpha value is -1.02. The van der Waals surface area contributed by atoms with E-state index in [-0.39, 0.29) is 6.10 Å². The van der Waals surface area contributed by atoms with Gasteiger partial charge in [0.05, 0.1) is 6.10 Å². The topological polar surface area (TPSA) is 35.2 Å². The van der Waals surface area contributed by atoms with Crippen LogP contribution in [0.2, 0.25) is 0 Å². The monoisotopic (exact) mass is 207 g/mol. The van der Waals surface area contributed by atoms with Gasteiger partial charge in [0.25, 0.3) is 0 Å². The number of hydrogen-bond acceptors (Lipinski definition) is 2. The van der Waals surface area contributed by atoms with E-state index in [9.17, 15) is 0 Å². The fourth-order valence-electron chi connectivity index (χ4n) is 1.52. The molecule has 0 aliphatic heterocycles. The molecule has 1 aromatic carbocycles. The Morgan fingerprint density at radius 2 is 2.07 bits per heavy atom. The molecule has 0 radical (unpaired) electrons. The first kappa shape index (κ1) is 12.1. The molecular weight excluding hydrogens is 186 g/mol. The highest BCUT2D eigenvalue weighted by molar-refractivity contribution is 5.37. The summed E-state index contributed by atoms with van der Waals surface area (Å²) in [6.45, 7) is 6.92. The van der Waals surface area contributed by atoms with Gasteiger partial charge in [-0.2, -0.15) is 0 Å². The summed E-state index contributed by atoms with van der Waals surface area (Å²) in [5.74, 6) is 1.01. The average Bonchev–Trinajstić information content (AvgIpc) is 2.16. The van der Waals surface area contributed by atoms with Crippen molar-refractivity contribution in [2.24, 2.45) is 5.73 Å². The summed E-state index contributed by atoms with van der Waals surface area (Å²) < 4.78 is 5.78. The average molecular weight is 207 g/mol. The molecule has 84 valence electrons. The van der Waals surface area contributed by atoms with Crippen molar-refractivity contribution >= 4 is 0 Å². The Kier molecular flexibility index (Phi) is 4.63. The lowest BCUT2D eigenvalue weighted by atomic mass is 10.1. The van der Waals surface area contributed by atoms with Crippen molar-refractivity contribution in [3.05, 3.63) is 29.3 Å². The van der Waals surface area contributed by atoms with E-state index < -0.39 is 0 Å². The van der Waals surface area contributed by atoms with Crippen molar-refractivity contribution in [2.45, 2.75) is 39.7 Å². The van der Waals surface area contributed by atoms with Gasteiger partial charge in [0.15, 0.2) is 0 Å². The highest BCUT2D eigenvalue weighted by Crippen LogP contribution is 2.22. The summed E-state index contributed by atoms with van der Waals surface area (Å²) in [4.78, 5) is 0. The quantitative estimate of drug-likeness (QED) is 0.805. The summed E-state index contributed by atoms with van der Waals surface area (Å²) in [7, 11) is 0. The van der Waals surface area contributed by atoms with E-state index in [0.717, 1.165) is 25.1 Å². The molecule has 0 heterocycles. The van der Waals surface area contributed by atoms with E-state index in [0.29, 0.717) is 0 Å². The highest BCUT2D eigenvalue weighted by atomic mass is 16.5. The molecule has 0 aliphatic rings. The van der Waals surface area contributed by atoms with E-state index in [4.69, 9.17) is 10.5 Å². The summed E-state index contributed by atoms with van der Waals surface area (Å²) in [6, 6.07) is 6.37. The van der Waals surface area contributed by atoms with Gasteiger partial charge in [-0.1, -0.05) is 12.1 Å². The molecule has 0 saturated carbocycles. The predicted octanol–water partition coefficient (Wildman–Crippen LogP) is 2.67. The molecule has 0 saturated heterocycles. The van der Waals surface area contributed by atoms with Crippen LogP contribution in [0.3, 0.4) is 0 Å².